The fourth-order valence-electron chi connectivity index (χ4n) is 2.48. The second-order valence-corrected chi connectivity index (χ2v) is 5.21. The second-order valence-electron chi connectivity index (χ2n) is 5.21. The molecule has 0 amide bonds. The van der Waals surface area contributed by atoms with Crippen LogP contribution >= 0.6 is 0 Å². The number of rotatable bonds is 5. The van der Waals surface area contributed by atoms with E-state index in [0.717, 1.165) is 18.8 Å². The topological polar surface area (TPSA) is 38.5 Å². The zero-order valence-electron chi connectivity index (χ0n) is 11.5. The van der Waals surface area contributed by atoms with E-state index in [9.17, 15) is 0 Å². The van der Waals surface area contributed by atoms with E-state index in [0.29, 0.717) is 19.2 Å². The Hall–Kier alpha value is -1.06. The third-order valence-corrected chi connectivity index (χ3v) is 3.70. The minimum atomic E-state index is 0.354. The summed E-state index contributed by atoms with van der Waals surface area (Å²) in [6.45, 7) is 7.87. The van der Waals surface area contributed by atoms with Gasteiger partial charge in [-0.2, -0.15) is 0 Å². The predicted molar refractivity (Wildman–Crippen MR) is 75.1 cm³/mol. The van der Waals surface area contributed by atoms with Crippen LogP contribution in [-0.4, -0.2) is 37.2 Å². The predicted octanol–water partition coefficient (Wildman–Crippen LogP) is 2.11. The Bertz CT molecular complexity index is 386. The number of likely N-dealkylation sites (tertiary alicyclic amines) is 1. The summed E-state index contributed by atoms with van der Waals surface area (Å²) in [4.78, 5) is 2.45. The normalized spacial score (nSPS) is 17.9. The SMILES string of the molecule is Cc1ccc(C)c(OCC(CN)N2CCCC2)c1. The molecule has 1 heterocycles. The molecule has 1 aromatic rings. The van der Waals surface area contributed by atoms with E-state index in [1.54, 1.807) is 0 Å². The van der Waals surface area contributed by atoms with Crippen LogP contribution in [0.4, 0.5) is 0 Å². The van der Waals surface area contributed by atoms with Crippen molar-refractivity contribution in [1.29, 1.82) is 0 Å². The molecule has 3 heteroatoms. The van der Waals surface area contributed by atoms with Gasteiger partial charge in [-0.1, -0.05) is 12.1 Å². The summed E-state index contributed by atoms with van der Waals surface area (Å²) in [6.07, 6.45) is 2.58. The maximum atomic E-state index is 5.96. The lowest BCUT2D eigenvalue weighted by Gasteiger charge is -2.26. The first-order valence-electron chi connectivity index (χ1n) is 6.85. The van der Waals surface area contributed by atoms with Gasteiger partial charge in [0.2, 0.25) is 0 Å². The minimum absolute atomic E-state index is 0.354. The fourth-order valence-corrected chi connectivity index (χ4v) is 2.48. The molecule has 0 radical (unpaired) electrons. The van der Waals surface area contributed by atoms with Gasteiger partial charge in [-0.15, -0.1) is 0 Å². The highest BCUT2D eigenvalue weighted by Gasteiger charge is 2.21. The zero-order chi connectivity index (χ0) is 13.0. The van der Waals surface area contributed by atoms with Crippen molar-refractivity contribution in [3.05, 3.63) is 29.3 Å². The third kappa shape index (κ3) is 3.24. The van der Waals surface area contributed by atoms with Crippen LogP contribution in [0.1, 0.15) is 24.0 Å². The Kier molecular flexibility index (Phi) is 4.61. The standard InChI is InChI=1S/C15H24N2O/c1-12-5-6-13(2)15(9-12)18-11-14(10-16)17-7-3-4-8-17/h5-6,9,14H,3-4,7-8,10-11,16H2,1-2H3. The van der Waals surface area contributed by atoms with Crippen molar-refractivity contribution in [1.82, 2.24) is 4.90 Å². The zero-order valence-corrected chi connectivity index (χ0v) is 11.5. The van der Waals surface area contributed by atoms with E-state index in [-0.39, 0.29) is 0 Å². The smallest absolute Gasteiger partial charge is 0.122 e. The van der Waals surface area contributed by atoms with E-state index in [4.69, 9.17) is 10.5 Å². The molecular weight excluding hydrogens is 224 g/mol. The van der Waals surface area contributed by atoms with Gasteiger partial charge in [-0.25, -0.2) is 0 Å². The van der Waals surface area contributed by atoms with Crippen LogP contribution in [-0.2, 0) is 0 Å². The molecule has 1 atom stereocenters. The molecule has 0 aliphatic carbocycles. The van der Waals surface area contributed by atoms with Gasteiger partial charge < -0.3 is 10.5 Å². The van der Waals surface area contributed by atoms with E-state index in [2.05, 4.69) is 36.9 Å². The molecule has 2 rings (SSSR count). The van der Waals surface area contributed by atoms with Crippen LogP contribution in [0.5, 0.6) is 5.75 Å². The van der Waals surface area contributed by atoms with Gasteiger partial charge in [0.15, 0.2) is 0 Å². The number of hydrogen-bond acceptors (Lipinski definition) is 3. The van der Waals surface area contributed by atoms with Crippen molar-refractivity contribution in [2.24, 2.45) is 5.73 Å². The van der Waals surface area contributed by atoms with Crippen molar-refractivity contribution >= 4 is 0 Å². The molecule has 1 fully saturated rings. The number of hydrogen-bond donors (Lipinski definition) is 1. The molecule has 1 aliphatic rings. The van der Waals surface area contributed by atoms with E-state index in [1.807, 2.05) is 0 Å². The van der Waals surface area contributed by atoms with Gasteiger partial charge in [0, 0.05) is 6.54 Å². The molecule has 0 saturated carbocycles. The Morgan fingerprint density at radius 1 is 1.28 bits per heavy atom. The molecule has 100 valence electrons. The largest absolute Gasteiger partial charge is 0.492 e. The lowest BCUT2D eigenvalue weighted by atomic mass is 10.1. The quantitative estimate of drug-likeness (QED) is 0.867. The maximum Gasteiger partial charge on any atom is 0.122 e. The highest BCUT2D eigenvalue weighted by Crippen LogP contribution is 2.20. The maximum absolute atomic E-state index is 5.96. The van der Waals surface area contributed by atoms with E-state index >= 15 is 0 Å². The summed E-state index contributed by atoms with van der Waals surface area (Å²) >= 11 is 0. The van der Waals surface area contributed by atoms with Crippen molar-refractivity contribution in [2.75, 3.05) is 26.2 Å². The van der Waals surface area contributed by atoms with Gasteiger partial charge >= 0.3 is 0 Å². The Labute approximate surface area is 110 Å². The molecule has 0 aromatic heterocycles. The first-order chi connectivity index (χ1) is 8.70. The molecule has 2 N–H and O–H groups in total. The average Bonchev–Trinajstić information content (AvgIpc) is 2.88. The van der Waals surface area contributed by atoms with Crippen LogP contribution in [0.3, 0.4) is 0 Å². The highest BCUT2D eigenvalue weighted by molar-refractivity contribution is 5.35. The van der Waals surface area contributed by atoms with Crippen molar-refractivity contribution in [3.63, 3.8) is 0 Å². The summed E-state index contributed by atoms with van der Waals surface area (Å²) in [5.41, 5.74) is 8.29. The number of nitrogens with zero attached hydrogens (tertiary/aromatic N) is 1. The Morgan fingerprint density at radius 3 is 2.67 bits per heavy atom. The third-order valence-electron chi connectivity index (χ3n) is 3.70. The number of ether oxygens (including phenoxy) is 1. The first kappa shape index (κ1) is 13.4. The summed E-state index contributed by atoms with van der Waals surface area (Å²) in [5.74, 6) is 0.993. The van der Waals surface area contributed by atoms with Crippen LogP contribution in [0, 0.1) is 13.8 Å². The molecule has 0 bridgehead atoms. The van der Waals surface area contributed by atoms with Crippen LogP contribution < -0.4 is 10.5 Å². The van der Waals surface area contributed by atoms with Gasteiger partial charge in [0.25, 0.3) is 0 Å². The summed E-state index contributed by atoms with van der Waals surface area (Å²) in [5, 5.41) is 0. The van der Waals surface area contributed by atoms with E-state index in [1.165, 1.54) is 24.0 Å². The van der Waals surface area contributed by atoms with Crippen molar-refractivity contribution < 1.29 is 4.74 Å². The molecule has 1 unspecified atom stereocenters. The molecular formula is C15H24N2O. The lowest BCUT2D eigenvalue weighted by molar-refractivity contribution is 0.164. The van der Waals surface area contributed by atoms with Gasteiger partial charge in [-0.3, -0.25) is 4.90 Å². The van der Waals surface area contributed by atoms with Crippen LogP contribution in [0.25, 0.3) is 0 Å². The number of benzene rings is 1. The van der Waals surface area contributed by atoms with Crippen molar-refractivity contribution in [3.8, 4) is 5.75 Å². The molecule has 0 spiro atoms. The molecule has 1 saturated heterocycles. The minimum Gasteiger partial charge on any atom is -0.492 e. The van der Waals surface area contributed by atoms with Crippen LogP contribution in [0.2, 0.25) is 0 Å². The Morgan fingerprint density at radius 2 is 2.00 bits per heavy atom. The monoisotopic (exact) mass is 248 g/mol. The average molecular weight is 248 g/mol. The van der Waals surface area contributed by atoms with Crippen LogP contribution in [0.15, 0.2) is 18.2 Å². The van der Waals surface area contributed by atoms with Gasteiger partial charge in [0.1, 0.15) is 12.4 Å². The second kappa shape index (κ2) is 6.21. The van der Waals surface area contributed by atoms with Gasteiger partial charge in [-0.05, 0) is 57.0 Å². The summed E-state index contributed by atoms with van der Waals surface area (Å²) in [7, 11) is 0. The molecule has 3 nitrogen and oxygen atoms in total. The number of aryl methyl sites for hydroxylation is 2. The highest BCUT2D eigenvalue weighted by atomic mass is 16.5. The lowest BCUT2D eigenvalue weighted by Crippen LogP contribution is -2.42. The van der Waals surface area contributed by atoms with Crippen molar-refractivity contribution in [2.45, 2.75) is 32.7 Å². The molecule has 1 aliphatic heterocycles. The first-order valence-corrected chi connectivity index (χ1v) is 6.85. The molecule has 1 aromatic carbocycles. The fraction of sp³-hybridized carbons (Fsp3) is 0.600. The number of nitrogens with two attached hydrogens (primary N) is 1. The van der Waals surface area contributed by atoms with E-state index < -0.39 is 0 Å². The summed E-state index contributed by atoms with van der Waals surface area (Å²) in [6, 6.07) is 6.68. The molecule has 18 heavy (non-hydrogen) atoms. The van der Waals surface area contributed by atoms with Gasteiger partial charge in [0.05, 0.1) is 6.04 Å². The Balaban J connectivity index is 1.94. The summed E-state index contributed by atoms with van der Waals surface area (Å²) < 4.78 is 5.96.